The van der Waals surface area contributed by atoms with Gasteiger partial charge >= 0.3 is 11.9 Å². The van der Waals surface area contributed by atoms with Crippen molar-refractivity contribution in [2.75, 3.05) is 19.8 Å². The van der Waals surface area contributed by atoms with Crippen LogP contribution in [0.2, 0.25) is 0 Å². The van der Waals surface area contributed by atoms with Crippen LogP contribution in [0.3, 0.4) is 0 Å². The number of carbonyl (C=O) groups excluding carboxylic acids is 2. The normalized spacial score (nSPS) is 9.92. The monoisotopic (exact) mass is 346 g/mol. The van der Waals surface area contributed by atoms with E-state index in [1.165, 1.54) is 11.6 Å². The van der Waals surface area contributed by atoms with Gasteiger partial charge in [0.15, 0.2) is 0 Å². The molecule has 136 valence electrons. The Hall–Kier alpha value is -2.56. The molecule has 5 heteroatoms. The Balaban J connectivity index is 2.17. The van der Waals surface area contributed by atoms with Crippen molar-refractivity contribution in [1.29, 1.82) is 0 Å². The average molecular weight is 346 g/mol. The van der Waals surface area contributed by atoms with Crippen molar-refractivity contribution in [1.82, 2.24) is 0 Å². The van der Waals surface area contributed by atoms with E-state index < -0.39 is 5.97 Å². The zero-order valence-corrected chi connectivity index (χ0v) is 14.6. The maximum absolute atomic E-state index is 10.9. The molecule has 0 atom stereocenters. The van der Waals surface area contributed by atoms with Crippen molar-refractivity contribution < 1.29 is 23.8 Å². The van der Waals surface area contributed by atoms with Gasteiger partial charge in [-0.1, -0.05) is 25.3 Å². The molecule has 0 saturated carbocycles. The lowest BCUT2D eigenvalue weighted by Crippen LogP contribution is -2.06. The molecule has 25 heavy (non-hydrogen) atoms. The number of rotatable bonds is 13. The largest absolute Gasteiger partial charge is 0.493 e. The lowest BCUT2D eigenvalue weighted by atomic mass is 10.1. The molecule has 5 nitrogen and oxygen atoms in total. The molecule has 0 amide bonds. The van der Waals surface area contributed by atoms with Gasteiger partial charge in [0.05, 0.1) is 19.8 Å². The minimum Gasteiger partial charge on any atom is -0.493 e. The summed E-state index contributed by atoms with van der Waals surface area (Å²) in [6.45, 7) is 7.94. The molecule has 1 aromatic rings. The highest BCUT2D eigenvalue weighted by atomic mass is 16.5. The molecule has 0 aliphatic rings. The maximum Gasteiger partial charge on any atom is 0.330 e. The van der Waals surface area contributed by atoms with Crippen LogP contribution >= 0.6 is 0 Å². The number of unbranched alkanes of at least 4 members (excludes halogenated alkanes) is 2. The van der Waals surface area contributed by atoms with Crippen LogP contribution < -0.4 is 4.74 Å². The van der Waals surface area contributed by atoms with Crippen molar-refractivity contribution in [2.24, 2.45) is 0 Å². The molecule has 0 spiro atoms. The molecule has 0 fully saturated rings. The van der Waals surface area contributed by atoms with E-state index in [1.807, 2.05) is 18.2 Å². The van der Waals surface area contributed by atoms with Crippen molar-refractivity contribution in [3.63, 3.8) is 0 Å². The molecule has 0 N–H and O–H groups in total. The highest BCUT2D eigenvalue weighted by Gasteiger charge is 2.00. The lowest BCUT2D eigenvalue weighted by Gasteiger charge is -2.08. The van der Waals surface area contributed by atoms with Gasteiger partial charge in [0, 0.05) is 18.6 Å². The second-order valence-electron chi connectivity index (χ2n) is 5.40. The van der Waals surface area contributed by atoms with E-state index in [1.54, 1.807) is 0 Å². The van der Waals surface area contributed by atoms with Gasteiger partial charge in [-0.05, 0) is 43.4 Å². The zero-order chi connectivity index (χ0) is 18.3. The van der Waals surface area contributed by atoms with Crippen molar-refractivity contribution in [2.45, 2.75) is 32.1 Å². The van der Waals surface area contributed by atoms with E-state index in [0.29, 0.717) is 26.2 Å². The minimum absolute atomic E-state index is 0.320. The van der Waals surface area contributed by atoms with E-state index in [0.717, 1.165) is 37.5 Å². The first-order chi connectivity index (χ1) is 12.2. The van der Waals surface area contributed by atoms with Crippen LogP contribution in [-0.2, 0) is 25.5 Å². The van der Waals surface area contributed by atoms with E-state index in [4.69, 9.17) is 14.2 Å². The summed E-state index contributed by atoms with van der Waals surface area (Å²) < 4.78 is 15.5. The van der Waals surface area contributed by atoms with Gasteiger partial charge in [0.1, 0.15) is 5.75 Å². The molecule has 0 heterocycles. The summed E-state index contributed by atoms with van der Waals surface area (Å²) in [7, 11) is 0. The van der Waals surface area contributed by atoms with Crippen LogP contribution in [-0.4, -0.2) is 31.8 Å². The van der Waals surface area contributed by atoms with Crippen molar-refractivity contribution in [3.05, 3.63) is 55.1 Å². The van der Waals surface area contributed by atoms with Crippen LogP contribution in [0.5, 0.6) is 5.75 Å². The molecule has 0 saturated heterocycles. The summed E-state index contributed by atoms with van der Waals surface area (Å²) in [5.41, 5.74) is 1.21. The summed E-state index contributed by atoms with van der Waals surface area (Å²) in [6, 6.07) is 7.96. The Morgan fingerprint density at radius 2 is 1.56 bits per heavy atom. The third-order valence-corrected chi connectivity index (χ3v) is 3.39. The predicted molar refractivity (Wildman–Crippen MR) is 96.4 cm³/mol. The van der Waals surface area contributed by atoms with Crippen LogP contribution in [0.25, 0.3) is 0 Å². The van der Waals surface area contributed by atoms with E-state index in [9.17, 15) is 9.59 Å². The molecular formula is C20H26O5. The summed E-state index contributed by atoms with van der Waals surface area (Å²) in [5, 5.41) is 0. The number of hydrogen-bond acceptors (Lipinski definition) is 5. The van der Waals surface area contributed by atoms with Crippen LogP contribution in [0.1, 0.15) is 31.2 Å². The number of carbonyl (C=O) groups is 2. The van der Waals surface area contributed by atoms with Crippen LogP contribution in [0.4, 0.5) is 0 Å². The molecule has 0 bridgehead atoms. The van der Waals surface area contributed by atoms with E-state index >= 15 is 0 Å². The number of esters is 2. The Labute approximate surface area is 149 Å². The number of benzene rings is 1. The first kappa shape index (κ1) is 20.5. The minimum atomic E-state index is -0.416. The average Bonchev–Trinajstić information content (AvgIpc) is 2.64. The van der Waals surface area contributed by atoms with Gasteiger partial charge in [-0.2, -0.15) is 0 Å². The van der Waals surface area contributed by atoms with Crippen LogP contribution in [0.15, 0.2) is 49.6 Å². The lowest BCUT2D eigenvalue weighted by molar-refractivity contribution is -0.138. The molecule has 0 radical (unpaired) electrons. The molecule has 0 aliphatic heterocycles. The molecule has 0 aromatic heterocycles. The molecule has 0 aliphatic carbocycles. The Morgan fingerprint density at radius 3 is 2.24 bits per heavy atom. The van der Waals surface area contributed by atoms with Gasteiger partial charge in [-0.15, -0.1) is 0 Å². The highest BCUT2D eigenvalue weighted by Crippen LogP contribution is 2.16. The standard InChI is InChI=1S/C20H26O5/c1-3-19(21)24-13-7-5-6-10-17-11-8-12-18(16-17)23-14-9-15-25-20(22)4-2/h3-4,8,11-12,16H,1-2,5-7,9-10,13-15H2. The Kier molecular flexibility index (Phi) is 10.5. The first-order valence-electron chi connectivity index (χ1n) is 8.46. The Morgan fingerprint density at radius 1 is 0.880 bits per heavy atom. The van der Waals surface area contributed by atoms with Gasteiger partial charge in [0.2, 0.25) is 0 Å². The number of ether oxygens (including phenoxy) is 3. The summed E-state index contributed by atoms with van der Waals surface area (Å²) in [4.78, 5) is 21.8. The van der Waals surface area contributed by atoms with Gasteiger partial charge in [0.25, 0.3) is 0 Å². The smallest absolute Gasteiger partial charge is 0.330 e. The molecule has 0 unspecified atom stereocenters. The van der Waals surface area contributed by atoms with E-state index in [-0.39, 0.29) is 5.97 Å². The molecule has 1 rings (SSSR count). The Bertz CT molecular complexity index is 565. The number of aryl methyl sites for hydroxylation is 1. The van der Waals surface area contributed by atoms with Gasteiger partial charge in [-0.3, -0.25) is 0 Å². The van der Waals surface area contributed by atoms with Crippen molar-refractivity contribution >= 4 is 11.9 Å². The zero-order valence-electron chi connectivity index (χ0n) is 14.6. The SMILES string of the molecule is C=CC(=O)OCCCCCc1cccc(OCCCOC(=O)C=C)c1. The summed E-state index contributed by atoms with van der Waals surface area (Å²) >= 11 is 0. The third kappa shape index (κ3) is 10.0. The molecular weight excluding hydrogens is 320 g/mol. The topological polar surface area (TPSA) is 61.8 Å². The van der Waals surface area contributed by atoms with Crippen molar-refractivity contribution in [3.8, 4) is 5.75 Å². The summed E-state index contributed by atoms with van der Waals surface area (Å²) in [6.07, 6.45) is 6.76. The quantitative estimate of drug-likeness (QED) is 0.310. The number of hydrogen-bond donors (Lipinski definition) is 0. The molecule has 1 aromatic carbocycles. The second kappa shape index (κ2) is 12.8. The maximum atomic E-state index is 10.9. The summed E-state index contributed by atoms with van der Waals surface area (Å²) in [5.74, 6) is 0.0258. The fourth-order valence-corrected chi connectivity index (χ4v) is 2.11. The second-order valence-corrected chi connectivity index (χ2v) is 5.40. The third-order valence-electron chi connectivity index (χ3n) is 3.39. The highest BCUT2D eigenvalue weighted by molar-refractivity contribution is 5.81. The first-order valence-corrected chi connectivity index (χ1v) is 8.46. The fraction of sp³-hybridized carbons (Fsp3) is 0.400. The van der Waals surface area contributed by atoms with Gasteiger partial charge < -0.3 is 14.2 Å². The van der Waals surface area contributed by atoms with Gasteiger partial charge in [-0.25, -0.2) is 9.59 Å². The van der Waals surface area contributed by atoms with Crippen LogP contribution in [0, 0.1) is 0 Å². The predicted octanol–water partition coefficient (Wildman–Crippen LogP) is 3.63. The van der Waals surface area contributed by atoms with E-state index in [2.05, 4.69) is 19.2 Å². The fourth-order valence-electron chi connectivity index (χ4n) is 2.11.